The minimum atomic E-state index is -5.41. The number of nitrogens with one attached hydrogen (secondary N) is 1. The third-order valence-electron chi connectivity index (χ3n) is 4.10. The van der Waals surface area contributed by atoms with Gasteiger partial charge in [-0.15, -0.1) is 0 Å². The average molecular weight is 393 g/mol. The van der Waals surface area contributed by atoms with Crippen molar-refractivity contribution in [2.45, 2.75) is 24.3 Å². The molecule has 0 amide bonds. The standard InChI is InChI=1S/C16H18F3NO5S/c1-24-13-7-10-3-4-12(9-20-26(22,23)16(17,18)19)15(10)11(8-13)5-6-14(21)25-2/h5-8,12,20H,3-4,9H2,1-2H3/b6-5+/t12-/m1/s1. The fourth-order valence-corrected chi connectivity index (χ4v) is 3.45. The van der Waals surface area contributed by atoms with Gasteiger partial charge in [0.05, 0.1) is 14.2 Å². The van der Waals surface area contributed by atoms with E-state index in [0.29, 0.717) is 29.7 Å². The number of halogens is 3. The molecule has 1 aliphatic rings. The van der Waals surface area contributed by atoms with Crippen molar-refractivity contribution < 1.29 is 35.9 Å². The first-order chi connectivity index (χ1) is 12.1. The van der Waals surface area contributed by atoms with Crippen LogP contribution in [0.3, 0.4) is 0 Å². The number of sulfonamides is 1. The Hall–Kier alpha value is -2.07. The number of carbonyl (C=O) groups is 1. The minimum Gasteiger partial charge on any atom is -0.497 e. The van der Waals surface area contributed by atoms with Gasteiger partial charge in [0.15, 0.2) is 0 Å². The van der Waals surface area contributed by atoms with Crippen LogP contribution in [0.15, 0.2) is 18.2 Å². The van der Waals surface area contributed by atoms with Gasteiger partial charge in [0.2, 0.25) is 0 Å². The quantitative estimate of drug-likeness (QED) is 0.593. The lowest BCUT2D eigenvalue weighted by Gasteiger charge is -2.17. The molecule has 0 radical (unpaired) electrons. The molecule has 2 rings (SSSR count). The maximum Gasteiger partial charge on any atom is 0.511 e. The van der Waals surface area contributed by atoms with E-state index in [1.165, 1.54) is 26.4 Å². The Morgan fingerprint density at radius 1 is 1.35 bits per heavy atom. The molecule has 10 heteroatoms. The van der Waals surface area contributed by atoms with Crippen molar-refractivity contribution in [3.05, 3.63) is 34.9 Å². The Morgan fingerprint density at radius 3 is 2.62 bits per heavy atom. The number of alkyl halides is 3. The number of hydrogen-bond acceptors (Lipinski definition) is 5. The topological polar surface area (TPSA) is 81.7 Å². The van der Waals surface area contributed by atoms with Gasteiger partial charge in [0.25, 0.3) is 0 Å². The third kappa shape index (κ3) is 4.36. The highest BCUT2D eigenvalue weighted by Crippen LogP contribution is 2.39. The molecule has 1 atom stereocenters. The van der Waals surface area contributed by atoms with Gasteiger partial charge in [0, 0.05) is 12.6 Å². The van der Waals surface area contributed by atoms with Crippen LogP contribution in [-0.2, 0) is 26.0 Å². The molecule has 0 saturated carbocycles. The Kier molecular flexibility index (Phi) is 5.97. The molecule has 0 heterocycles. The second kappa shape index (κ2) is 7.67. The van der Waals surface area contributed by atoms with Crippen LogP contribution in [-0.4, -0.2) is 40.7 Å². The third-order valence-corrected chi connectivity index (χ3v) is 5.26. The minimum absolute atomic E-state index is 0.389. The van der Waals surface area contributed by atoms with Crippen LogP contribution in [0.5, 0.6) is 5.75 Å². The number of esters is 1. The van der Waals surface area contributed by atoms with E-state index in [1.807, 2.05) is 0 Å². The number of methoxy groups -OCH3 is 2. The van der Waals surface area contributed by atoms with Crippen LogP contribution in [0, 0.1) is 0 Å². The zero-order valence-corrected chi connectivity index (χ0v) is 14.9. The van der Waals surface area contributed by atoms with Crippen LogP contribution in [0.1, 0.15) is 29.0 Å². The van der Waals surface area contributed by atoms with Crippen molar-refractivity contribution in [3.8, 4) is 5.75 Å². The summed E-state index contributed by atoms with van der Waals surface area (Å²) in [4.78, 5) is 11.3. The maximum atomic E-state index is 12.5. The highest BCUT2D eigenvalue weighted by molar-refractivity contribution is 7.90. The highest BCUT2D eigenvalue weighted by atomic mass is 32.2. The van der Waals surface area contributed by atoms with E-state index in [9.17, 15) is 26.4 Å². The molecule has 144 valence electrons. The predicted molar refractivity (Wildman–Crippen MR) is 88.1 cm³/mol. The molecule has 1 aliphatic carbocycles. The van der Waals surface area contributed by atoms with E-state index in [-0.39, 0.29) is 6.54 Å². The Labute approximate surface area is 149 Å². The van der Waals surface area contributed by atoms with Crippen LogP contribution in [0.25, 0.3) is 6.08 Å². The lowest BCUT2D eigenvalue weighted by atomic mass is 9.95. The van der Waals surface area contributed by atoms with E-state index in [1.54, 1.807) is 16.9 Å². The summed E-state index contributed by atoms with van der Waals surface area (Å²) >= 11 is 0. The number of fused-ring (bicyclic) bond motifs is 1. The van der Waals surface area contributed by atoms with Gasteiger partial charge in [0.1, 0.15) is 5.75 Å². The Bertz CT molecular complexity index is 818. The fraction of sp³-hybridized carbons (Fsp3) is 0.438. The molecule has 0 bridgehead atoms. The van der Waals surface area contributed by atoms with Crippen molar-refractivity contribution >= 4 is 22.1 Å². The first-order valence-corrected chi connectivity index (χ1v) is 9.10. The van der Waals surface area contributed by atoms with Crippen LogP contribution < -0.4 is 9.46 Å². The molecule has 0 aliphatic heterocycles. The molecular formula is C16H18F3NO5S. The number of rotatable bonds is 6. The summed E-state index contributed by atoms with van der Waals surface area (Å²) in [5.41, 5.74) is -3.26. The van der Waals surface area contributed by atoms with Crippen molar-refractivity contribution in [3.63, 3.8) is 0 Å². The second-order valence-corrected chi connectivity index (χ2v) is 7.44. The van der Waals surface area contributed by atoms with Gasteiger partial charge in [-0.3, -0.25) is 0 Å². The summed E-state index contributed by atoms with van der Waals surface area (Å²) in [5.74, 6) is -0.510. The summed E-state index contributed by atoms with van der Waals surface area (Å²) in [6.45, 7) is -0.389. The lowest BCUT2D eigenvalue weighted by Crippen LogP contribution is -2.38. The fourth-order valence-electron chi connectivity index (χ4n) is 2.86. The van der Waals surface area contributed by atoms with Gasteiger partial charge >= 0.3 is 21.5 Å². The molecule has 0 spiro atoms. The SMILES string of the molecule is COC(=O)/C=C/c1cc(OC)cc2c1[C@@H](CNS(=O)(=O)C(F)(F)F)CC2. The van der Waals surface area contributed by atoms with Crippen molar-refractivity contribution in [1.29, 1.82) is 0 Å². The Balaban J connectivity index is 2.32. The van der Waals surface area contributed by atoms with Gasteiger partial charge in [-0.05, 0) is 53.7 Å². The lowest BCUT2D eigenvalue weighted by molar-refractivity contribution is -0.134. The number of benzene rings is 1. The molecule has 26 heavy (non-hydrogen) atoms. The number of aryl methyl sites for hydroxylation is 1. The molecule has 1 N–H and O–H groups in total. The van der Waals surface area contributed by atoms with Gasteiger partial charge in [-0.2, -0.15) is 13.2 Å². The molecular weight excluding hydrogens is 375 g/mol. The largest absolute Gasteiger partial charge is 0.511 e. The first-order valence-electron chi connectivity index (χ1n) is 7.62. The molecule has 6 nitrogen and oxygen atoms in total. The summed E-state index contributed by atoms with van der Waals surface area (Å²) < 4.78 is 71.3. The van der Waals surface area contributed by atoms with E-state index in [2.05, 4.69) is 4.74 Å². The number of hydrogen-bond donors (Lipinski definition) is 1. The van der Waals surface area contributed by atoms with Crippen molar-refractivity contribution in [2.24, 2.45) is 0 Å². The van der Waals surface area contributed by atoms with E-state index in [4.69, 9.17) is 4.74 Å². The van der Waals surface area contributed by atoms with E-state index >= 15 is 0 Å². The molecule has 1 aromatic carbocycles. The predicted octanol–water partition coefficient (Wildman–Crippen LogP) is 2.35. The molecule has 1 aromatic rings. The number of ether oxygens (including phenoxy) is 2. The average Bonchev–Trinajstić information content (AvgIpc) is 2.99. The van der Waals surface area contributed by atoms with Gasteiger partial charge in [-0.1, -0.05) is 0 Å². The summed E-state index contributed by atoms with van der Waals surface area (Å²) in [6.07, 6.45) is 3.69. The van der Waals surface area contributed by atoms with E-state index < -0.39 is 27.4 Å². The smallest absolute Gasteiger partial charge is 0.497 e. The molecule has 0 saturated heterocycles. The van der Waals surface area contributed by atoms with E-state index in [0.717, 1.165) is 5.56 Å². The summed E-state index contributed by atoms with van der Waals surface area (Å²) in [5, 5.41) is 0. The van der Waals surface area contributed by atoms with Crippen LogP contribution in [0.4, 0.5) is 13.2 Å². The normalized spacial score (nSPS) is 17.3. The zero-order chi connectivity index (χ0) is 19.5. The van der Waals surface area contributed by atoms with Crippen LogP contribution in [0.2, 0.25) is 0 Å². The second-order valence-electron chi connectivity index (χ2n) is 5.68. The van der Waals surface area contributed by atoms with Crippen molar-refractivity contribution in [1.82, 2.24) is 4.72 Å². The van der Waals surface area contributed by atoms with Gasteiger partial charge < -0.3 is 9.47 Å². The van der Waals surface area contributed by atoms with Gasteiger partial charge in [-0.25, -0.2) is 17.9 Å². The zero-order valence-electron chi connectivity index (χ0n) is 14.1. The molecule has 0 fully saturated rings. The Morgan fingerprint density at radius 2 is 2.04 bits per heavy atom. The van der Waals surface area contributed by atoms with Crippen molar-refractivity contribution in [2.75, 3.05) is 20.8 Å². The molecule has 0 unspecified atom stereocenters. The molecule has 0 aromatic heterocycles. The maximum absolute atomic E-state index is 12.5. The summed E-state index contributed by atoms with van der Waals surface area (Å²) in [6, 6.07) is 3.39. The monoisotopic (exact) mass is 393 g/mol. The number of carbonyl (C=O) groups excluding carboxylic acids is 1. The first kappa shape index (κ1) is 20.2. The van der Waals surface area contributed by atoms with Crippen LogP contribution >= 0.6 is 0 Å². The highest BCUT2D eigenvalue weighted by Gasteiger charge is 2.46. The summed E-state index contributed by atoms with van der Waals surface area (Å²) in [7, 11) is -2.72.